The van der Waals surface area contributed by atoms with E-state index < -0.39 is 0 Å². The van der Waals surface area contributed by atoms with Gasteiger partial charge in [-0.25, -0.2) is 0 Å². The van der Waals surface area contributed by atoms with Crippen LogP contribution in [-0.4, -0.2) is 36.1 Å². The molecule has 1 saturated carbocycles. The minimum absolute atomic E-state index is 0.392. The van der Waals surface area contributed by atoms with Gasteiger partial charge in [-0.15, -0.1) is 0 Å². The Hall–Kier alpha value is -0.340. The monoisotopic (exact) mass is 250 g/mol. The zero-order chi connectivity index (χ0) is 13.2. The van der Waals surface area contributed by atoms with Crippen LogP contribution in [0, 0.1) is 11.8 Å². The molecule has 2 aliphatic rings. The normalized spacial score (nSPS) is 36.1. The maximum Gasteiger partial charge on any atom is 0.0337 e. The molecule has 0 bridgehead atoms. The third-order valence-electron chi connectivity index (χ3n) is 5.21. The van der Waals surface area contributed by atoms with Crippen LogP contribution in [0.15, 0.2) is 12.2 Å². The van der Waals surface area contributed by atoms with Crippen molar-refractivity contribution in [2.75, 3.05) is 19.6 Å². The van der Waals surface area contributed by atoms with Gasteiger partial charge in [0.05, 0.1) is 0 Å². The van der Waals surface area contributed by atoms with Crippen molar-refractivity contribution >= 4 is 0 Å². The van der Waals surface area contributed by atoms with E-state index in [1.54, 1.807) is 0 Å². The van der Waals surface area contributed by atoms with Crippen LogP contribution in [0.25, 0.3) is 0 Å². The van der Waals surface area contributed by atoms with Crippen LogP contribution >= 0.6 is 0 Å². The zero-order valence-corrected chi connectivity index (χ0v) is 12.6. The summed E-state index contributed by atoms with van der Waals surface area (Å²) < 4.78 is 0. The van der Waals surface area contributed by atoms with Crippen molar-refractivity contribution in [3.63, 3.8) is 0 Å². The molecule has 2 fully saturated rings. The molecule has 0 aromatic rings. The van der Waals surface area contributed by atoms with E-state index in [9.17, 15) is 0 Å². The minimum atomic E-state index is 0.392. The molecule has 2 heteroatoms. The Morgan fingerprint density at radius 1 is 1.44 bits per heavy atom. The Morgan fingerprint density at radius 2 is 2.17 bits per heavy atom. The maximum absolute atomic E-state index is 3.82. The van der Waals surface area contributed by atoms with Crippen molar-refractivity contribution in [1.82, 2.24) is 10.2 Å². The highest BCUT2D eigenvalue weighted by Gasteiger charge is 2.48. The van der Waals surface area contributed by atoms with Crippen LogP contribution < -0.4 is 5.32 Å². The maximum atomic E-state index is 3.82. The lowest BCUT2D eigenvalue weighted by Crippen LogP contribution is -2.65. The van der Waals surface area contributed by atoms with Gasteiger partial charge in [0.15, 0.2) is 0 Å². The highest BCUT2D eigenvalue weighted by Crippen LogP contribution is 2.44. The van der Waals surface area contributed by atoms with Gasteiger partial charge in [-0.3, -0.25) is 4.90 Å². The molecule has 1 aliphatic carbocycles. The first-order valence-corrected chi connectivity index (χ1v) is 7.71. The quantitative estimate of drug-likeness (QED) is 0.755. The Bertz CT molecular complexity index is 295. The fourth-order valence-electron chi connectivity index (χ4n) is 3.25. The molecule has 0 aromatic carbocycles. The van der Waals surface area contributed by atoms with E-state index in [0.717, 1.165) is 18.4 Å². The second kappa shape index (κ2) is 5.75. The van der Waals surface area contributed by atoms with Crippen molar-refractivity contribution in [2.45, 2.75) is 58.5 Å². The molecular weight excluding hydrogens is 220 g/mol. The second-order valence-electron chi connectivity index (χ2n) is 6.48. The summed E-state index contributed by atoms with van der Waals surface area (Å²) in [6.45, 7) is 12.8. The number of nitrogens with zero attached hydrogens (tertiary/aromatic N) is 1. The first-order chi connectivity index (χ1) is 8.61. The summed E-state index contributed by atoms with van der Waals surface area (Å²) in [7, 11) is 0. The molecule has 0 aromatic heterocycles. The summed E-state index contributed by atoms with van der Waals surface area (Å²) in [5.74, 6) is 1.70. The van der Waals surface area contributed by atoms with E-state index in [2.05, 4.69) is 50.1 Å². The molecule has 2 nitrogen and oxygen atoms in total. The molecule has 1 heterocycles. The van der Waals surface area contributed by atoms with E-state index >= 15 is 0 Å². The zero-order valence-electron chi connectivity index (χ0n) is 12.6. The van der Waals surface area contributed by atoms with Crippen molar-refractivity contribution in [3.05, 3.63) is 12.2 Å². The van der Waals surface area contributed by atoms with Crippen LogP contribution in [-0.2, 0) is 0 Å². The van der Waals surface area contributed by atoms with Crippen LogP contribution in [0.4, 0.5) is 0 Å². The van der Waals surface area contributed by atoms with Crippen molar-refractivity contribution in [2.24, 2.45) is 11.8 Å². The summed E-state index contributed by atoms with van der Waals surface area (Å²) in [6.07, 6.45) is 8.64. The lowest BCUT2D eigenvalue weighted by molar-refractivity contribution is 0.0334. The SMILES string of the molecule is C/C=C/CN1CC(C(C)CC)NCC1(C)C1CC1. The number of nitrogens with one attached hydrogen (secondary N) is 1. The summed E-state index contributed by atoms with van der Waals surface area (Å²) >= 11 is 0. The highest BCUT2D eigenvalue weighted by molar-refractivity contribution is 5.06. The predicted octanol–water partition coefficient (Wildman–Crippen LogP) is 3.05. The van der Waals surface area contributed by atoms with Gasteiger partial charge in [-0.1, -0.05) is 32.4 Å². The molecule has 1 N–H and O–H groups in total. The largest absolute Gasteiger partial charge is 0.311 e. The van der Waals surface area contributed by atoms with E-state index in [0.29, 0.717) is 11.6 Å². The first kappa shape index (κ1) is 14.1. The molecule has 3 unspecified atom stereocenters. The predicted molar refractivity (Wildman–Crippen MR) is 78.8 cm³/mol. The molecule has 1 aliphatic heterocycles. The third-order valence-corrected chi connectivity index (χ3v) is 5.21. The average Bonchev–Trinajstić information content (AvgIpc) is 3.21. The lowest BCUT2D eigenvalue weighted by atomic mass is 9.86. The van der Waals surface area contributed by atoms with Crippen molar-refractivity contribution in [1.29, 1.82) is 0 Å². The number of rotatable bonds is 5. The van der Waals surface area contributed by atoms with Crippen molar-refractivity contribution < 1.29 is 0 Å². The van der Waals surface area contributed by atoms with Gasteiger partial charge in [0, 0.05) is 31.2 Å². The lowest BCUT2D eigenvalue weighted by Gasteiger charge is -2.49. The number of piperazine rings is 1. The highest BCUT2D eigenvalue weighted by atomic mass is 15.3. The van der Waals surface area contributed by atoms with Crippen molar-refractivity contribution in [3.8, 4) is 0 Å². The molecule has 18 heavy (non-hydrogen) atoms. The Morgan fingerprint density at radius 3 is 2.72 bits per heavy atom. The Balaban J connectivity index is 2.05. The second-order valence-corrected chi connectivity index (χ2v) is 6.48. The van der Waals surface area contributed by atoms with Gasteiger partial charge < -0.3 is 5.32 Å². The summed E-state index contributed by atoms with van der Waals surface area (Å²) in [5, 5.41) is 3.82. The van der Waals surface area contributed by atoms with Gasteiger partial charge in [0.2, 0.25) is 0 Å². The number of allylic oxidation sites excluding steroid dienone is 1. The average molecular weight is 250 g/mol. The fourth-order valence-corrected chi connectivity index (χ4v) is 3.25. The van der Waals surface area contributed by atoms with E-state index in [1.807, 2.05) is 0 Å². The van der Waals surface area contributed by atoms with Crippen LogP contribution in [0.3, 0.4) is 0 Å². The molecule has 104 valence electrons. The van der Waals surface area contributed by atoms with Gasteiger partial charge in [0.25, 0.3) is 0 Å². The van der Waals surface area contributed by atoms with Crippen LogP contribution in [0.2, 0.25) is 0 Å². The van der Waals surface area contributed by atoms with Crippen LogP contribution in [0.5, 0.6) is 0 Å². The summed E-state index contributed by atoms with van der Waals surface area (Å²) in [5.41, 5.74) is 0.392. The van der Waals surface area contributed by atoms with E-state index in [-0.39, 0.29) is 0 Å². The molecule has 0 spiro atoms. The third kappa shape index (κ3) is 2.80. The summed E-state index contributed by atoms with van der Waals surface area (Å²) in [4.78, 5) is 2.73. The molecule has 3 atom stereocenters. The molecule has 2 rings (SSSR count). The number of hydrogen-bond acceptors (Lipinski definition) is 2. The van der Waals surface area contributed by atoms with Crippen LogP contribution in [0.1, 0.15) is 47.0 Å². The minimum Gasteiger partial charge on any atom is -0.311 e. The Labute approximate surface area is 113 Å². The fraction of sp³-hybridized carbons (Fsp3) is 0.875. The Kier molecular flexibility index (Phi) is 4.50. The molecule has 0 radical (unpaired) electrons. The van der Waals surface area contributed by atoms with Gasteiger partial charge in [0.1, 0.15) is 0 Å². The molecule has 1 saturated heterocycles. The van der Waals surface area contributed by atoms with Gasteiger partial charge >= 0.3 is 0 Å². The van der Waals surface area contributed by atoms with E-state index in [4.69, 9.17) is 0 Å². The molecular formula is C16H30N2. The van der Waals surface area contributed by atoms with E-state index in [1.165, 1.54) is 32.4 Å². The smallest absolute Gasteiger partial charge is 0.0337 e. The first-order valence-electron chi connectivity index (χ1n) is 7.71. The number of hydrogen-bond donors (Lipinski definition) is 1. The van der Waals surface area contributed by atoms with Gasteiger partial charge in [-0.05, 0) is 38.5 Å². The van der Waals surface area contributed by atoms with Gasteiger partial charge in [-0.2, -0.15) is 0 Å². The topological polar surface area (TPSA) is 15.3 Å². The summed E-state index contributed by atoms with van der Waals surface area (Å²) in [6, 6.07) is 0.673. The standard InChI is InChI=1S/C16H30N2/c1-5-7-10-18-11-15(13(3)6-2)17-12-16(18,4)14-8-9-14/h5,7,13-15,17H,6,8-12H2,1-4H3/b7-5+. The molecule has 0 amide bonds.